The van der Waals surface area contributed by atoms with Crippen LogP contribution in [0.2, 0.25) is 5.15 Å². The average molecular weight is 965 g/mol. The van der Waals surface area contributed by atoms with Crippen LogP contribution in [0.25, 0.3) is 0 Å². The fourth-order valence-electron chi connectivity index (χ4n) is 12.1. The fourth-order valence-corrected chi connectivity index (χ4v) is 14.1. The van der Waals surface area contributed by atoms with Crippen molar-refractivity contribution in [3.63, 3.8) is 0 Å². The van der Waals surface area contributed by atoms with Crippen LogP contribution in [0.3, 0.4) is 0 Å². The van der Waals surface area contributed by atoms with E-state index in [4.69, 9.17) is 17.3 Å². The summed E-state index contributed by atoms with van der Waals surface area (Å²) < 4.78 is 103. The number of rotatable bonds is 8. The van der Waals surface area contributed by atoms with Crippen LogP contribution in [-0.2, 0) is 21.5 Å². The second kappa shape index (κ2) is 17.7. The topological polar surface area (TPSA) is 148 Å². The largest absolute Gasteiger partial charge is 0.421 e. The van der Waals surface area contributed by atoms with E-state index >= 15 is 0 Å². The van der Waals surface area contributed by atoms with Crippen LogP contribution in [0.15, 0.2) is 60.9 Å². The van der Waals surface area contributed by atoms with Gasteiger partial charge in [-0.05, 0) is 188 Å². The van der Waals surface area contributed by atoms with Gasteiger partial charge in [0, 0.05) is 45.5 Å². The number of benzene rings is 2. The molecule has 0 atom stereocenters. The van der Waals surface area contributed by atoms with Gasteiger partial charge in [0.2, 0.25) is 11.9 Å². The smallest absolute Gasteiger partial charge is 0.364 e. The van der Waals surface area contributed by atoms with E-state index in [2.05, 4.69) is 35.9 Å². The van der Waals surface area contributed by atoms with Gasteiger partial charge in [0.15, 0.2) is 0 Å². The highest BCUT2D eigenvalue weighted by Gasteiger charge is 2.52. The molecular weight excluding hydrogens is 908 g/mol. The van der Waals surface area contributed by atoms with Gasteiger partial charge in [0.05, 0.1) is 0 Å². The van der Waals surface area contributed by atoms with Crippen molar-refractivity contribution in [2.24, 2.45) is 41.2 Å². The van der Waals surface area contributed by atoms with E-state index in [9.17, 15) is 35.5 Å². The Morgan fingerprint density at radius 2 is 0.938 bits per heavy atom. The van der Waals surface area contributed by atoms with E-state index in [0.29, 0.717) is 46.2 Å². The Morgan fingerprint density at radius 3 is 1.28 bits per heavy atom. The molecule has 2 heterocycles. The molecule has 19 heteroatoms. The van der Waals surface area contributed by atoms with E-state index in [1.807, 2.05) is 0 Å². The maximum absolute atomic E-state index is 13.8. The molecule has 4 aromatic rings. The Kier molecular flexibility index (Phi) is 13.0. The summed E-state index contributed by atoms with van der Waals surface area (Å²) in [6.45, 7) is 6.68. The van der Waals surface area contributed by atoms with Gasteiger partial charge in [-0.15, -0.1) is 0 Å². The van der Waals surface area contributed by atoms with Crippen LogP contribution in [0.1, 0.15) is 88.2 Å². The third-order valence-corrected chi connectivity index (χ3v) is 17.5. The highest BCUT2D eigenvalue weighted by atomic mass is 35.5. The first-order valence-electron chi connectivity index (χ1n) is 22.3. The van der Waals surface area contributed by atoms with E-state index in [-0.39, 0.29) is 23.3 Å². The number of hydrogen-bond acceptors (Lipinski definition) is 10. The number of nitrogens with two attached hydrogens (primary N) is 1. The Bertz CT molecular complexity index is 2390. The molecule has 8 aliphatic carbocycles. The standard InChI is InChI=1S/C23H28F3N4OP.C13H12ClF3N3OP.C10H17N/c1-32(2,31)18-5-3-17(4-6-18)28-21-27-13-19(23(24,25)26)20(29-21)30-22-10-14-7-15(11-22)9-16(8-14)12-22;1-22(2,21)9-5-3-8(4-6-9)19-12-18-7-10(11(14)20-12)13(15,16)17;11-10-4-7-1-8(5-10)3-9(2-7)6-10/h3-6,13-16H,7-12H2,1-2H3,(H2,27,28,29,30);3-7H,1-2H3,(H,18,19,20);7-9H,1-6,11H2. The molecule has 8 aliphatic rings. The first-order chi connectivity index (χ1) is 30.3. The van der Waals surface area contributed by atoms with E-state index in [1.165, 1.54) is 57.8 Å². The van der Waals surface area contributed by atoms with Crippen molar-refractivity contribution >= 4 is 65.6 Å². The van der Waals surface area contributed by atoms with Gasteiger partial charge < -0.3 is 30.8 Å². The van der Waals surface area contributed by atoms with Gasteiger partial charge in [-0.3, -0.25) is 0 Å². The Labute approximate surface area is 381 Å². The maximum Gasteiger partial charge on any atom is 0.421 e. The van der Waals surface area contributed by atoms with Crippen LogP contribution in [0.5, 0.6) is 0 Å². The van der Waals surface area contributed by atoms with Gasteiger partial charge in [-0.25, -0.2) is 15.0 Å². The minimum atomic E-state index is -4.60. The summed E-state index contributed by atoms with van der Waals surface area (Å²) in [7, 11) is -4.74. The maximum atomic E-state index is 13.8. The minimum Gasteiger partial charge on any atom is -0.364 e. The monoisotopic (exact) mass is 964 g/mol. The second-order valence-electron chi connectivity index (χ2n) is 20.5. The molecule has 352 valence electrons. The first kappa shape index (κ1) is 47.8. The highest BCUT2D eigenvalue weighted by Crippen LogP contribution is 2.57. The Hall–Kier alpha value is -3.71. The Balaban J connectivity index is 0.000000149. The molecule has 8 saturated carbocycles. The van der Waals surface area contributed by atoms with Crippen molar-refractivity contribution in [1.82, 2.24) is 19.9 Å². The van der Waals surface area contributed by atoms with Gasteiger partial charge in [-0.2, -0.15) is 31.3 Å². The summed E-state index contributed by atoms with van der Waals surface area (Å²) in [5.74, 6) is 4.79. The van der Waals surface area contributed by atoms with E-state index in [0.717, 1.165) is 48.5 Å². The van der Waals surface area contributed by atoms with E-state index in [1.54, 1.807) is 75.2 Å². The highest BCUT2D eigenvalue weighted by molar-refractivity contribution is 7.70. The quantitative estimate of drug-likeness (QED) is 0.0764. The normalized spacial score (nSPS) is 28.7. The molecule has 8 bridgehead atoms. The predicted molar refractivity (Wildman–Crippen MR) is 246 cm³/mol. The molecule has 2 aromatic heterocycles. The molecule has 10 nitrogen and oxygen atoms in total. The number of anilines is 5. The Morgan fingerprint density at radius 1 is 0.585 bits per heavy atom. The van der Waals surface area contributed by atoms with Gasteiger partial charge in [0.25, 0.3) is 0 Å². The third kappa shape index (κ3) is 11.5. The lowest BCUT2D eigenvalue weighted by atomic mass is 9.53. The summed E-state index contributed by atoms with van der Waals surface area (Å²) in [5, 5.41) is 9.76. The zero-order valence-electron chi connectivity index (χ0n) is 36.9. The molecule has 0 amide bonds. The summed E-state index contributed by atoms with van der Waals surface area (Å²) in [5.41, 5.74) is 5.58. The number of nitrogens with zero attached hydrogens (tertiary/aromatic N) is 4. The number of aromatic nitrogens is 4. The van der Waals surface area contributed by atoms with Crippen molar-refractivity contribution in [2.75, 3.05) is 42.6 Å². The third-order valence-electron chi connectivity index (χ3n) is 14.1. The number of nitrogens with one attached hydrogen (secondary N) is 3. The van der Waals surface area contributed by atoms with Crippen molar-refractivity contribution in [3.8, 4) is 0 Å². The van der Waals surface area contributed by atoms with Crippen LogP contribution < -0.4 is 32.3 Å². The molecule has 5 N–H and O–H groups in total. The van der Waals surface area contributed by atoms with Gasteiger partial charge >= 0.3 is 12.4 Å². The lowest BCUT2D eigenvalue weighted by Crippen LogP contribution is -2.55. The number of alkyl halides is 6. The van der Waals surface area contributed by atoms with Crippen molar-refractivity contribution in [2.45, 2.75) is 100 Å². The van der Waals surface area contributed by atoms with Gasteiger partial charge in [0.1, 0.15) is 36.4 Å². The zero-order valence-corrected chi connectivity index (χ0v) is 39.5. The first-order valence-corrected chi connectivity index (χ1v) is 27.8. The second-order valence-corrected chi connectivity index (χ2v) is 27.3. The lowest BCUT2D eigenvalue weighted by molar-refractivity contribution is -0.138. The van der Waals surface area contributed by atoms with Crippen molar-refractivity contribution < 1.29 is 35.5 Å². The van der Waals surface area contributed by atoms with E-state index < -0.39 is 42.9 Å². The van der Waals surface area contributed by atoms with Crippen molar-refractivity contribution in [1.29, 1.82) is 0 Å². The molecule has 0 saturated heterocycles. The minimum absolute atomic E-state index is 0.0538. The molecule has 0 radical (unpaired) electrons. The van der Waals surface area contributed by atoms with Crippen LogP contribution in [-0.4, -0.2) is 57.7 Å². The number of hydrogen-bond donors (Lipinski definition) is 4. The fraction of sp³-hybridized carbons (Fsp3) is 0.565. The summed E-state index contributed by atoms with van der Waals surface area (Å²) in [6.07, 6.45) is 7.30. The zero-order chi connectivity index (χ0) is 46.7. The molecule has 65 heavy (non-hydrogen) atoms. The summed E-state index contributed by atoms with van der Waals surface area (Å²) >= 11 is 5.52. The molecule has 0 aliphatic heterocycles. The van der Waals surface area contributed by atoms with Crippen molar-refractivity contribution in [3.05, 3.63) is 77.2 Å². The molecule has 0 unspecified atom stereocenters. The number of halogens is 7. The van der Waals surface area contributed by atoms with Gasteiger partial charge in [-0.1, -0.05) is 11.6 Å². The average Bonchev–Trinajstić information content (AvgIpc) is 3.16. The lowest BCUT2D eigenvalue weighted by Gasteiger charge is -2.57. The molecule has 12 rings (SSSR count). The SMILES string of the molecule is CP(C)(=O)c1ccc(Nc2ncc(C(F)(F)F)c(Cl)n2)cc1.CP(C)(=O)c1ccc(Nc2ncc(C(F)(F)F)c(NC34CC5CC(CC(C5)C3)C4)n2)cc1.NC12CC3CC(CC(C3)C1)C2. The predicted octanol–water partition coefficient (Wildman–Crippen LogP) is 11.9. The van der Waals surface area contributed by atoms with Crippen LogP contribution >= 0.6 is 25.9 Å². The molecule has 2 aromatic carbocycles. The van der Waals surface area contributed by atoms with Crippen LogP contribution in [0, 0.1) is 35.5 Å². The van der Waals surface area contributed by atoms with Crippen LogP contribution in [0.4, 0.5) is 55.4 Å². The molecule has 0 spiro atoms. The molecular formula is C46H57ClF6N8O2P2. The summed E-state index contributed by atoms with van der Waals surface area (Å²) in [4.78, 5) is 15.4. The summed E-state index contributed by atoms with van der Waals surface area (Å²) in [6, 6.07) is 13.6. The molecule has 8 fully saturated rings.